The van der Waals surface area contributed by atoms with E-state index in [2.05, 4.69) is 16.6 Å². The second-order valence-electron chi connectivity index (χ2n) is 9.17. The summed E-state index contributed by atoms with van der Waals surface area (Å²) in [5, 5.41) is 15.2. The van der Waals surface area contributed by atoms with E-state index in [1.165, 1.54) is 4.90 Å². The van der Waals surface area contributed by atoms with Crippen molar-refractivity contribution in [3.8, 4) is 12.3 Å². The summed E-state index contributed by atoms with van der Waals surface area (Å²) in [4.78, 5) is 40.5. The molecule has 33 heavy (non-hydrogen) atoms. The fourth-order valence-electron chi connectivity index (χ4n) is 3.37. The number of aliphatic hydroxyl groups is 1. The van der Waals surface area contributed by atoms with E-state index in [0.717, 1.165) is 25.7 Å². The van der Waals surface area contributed by atoms with E-state index in [4.69, 9.17) is 11.2 Å². The van der Waals surface area contributed by atoms with Gasteiger partial charge in [0.1, 0.15) is 17.7 Å². The van der Waals surface area contributed by atoms with E-state index >= 15 is 0 Å². The van der Waals surface area contributed by atoms with E-state index in [-0.39, 0.29) is 11.9 Å². The molecule has 1 aliphatic rings. The van der Waals surface area contributed by atoms with Crippen LogP contribution in [0.15, 0.2) is 24.3 Å². The van der Waals surface area contributed by atoms with Crippen molar-refractivity contribution >= 4 is 17.9 Å². The Labute approximate surface area is 196 Å². The van der Waals surface area contributed by atoms with Crippen LogP contribution in [0.25, 0.3) is 0 Å². The molecule has 1 saturated carbocycles. The lowest BCUT2D eigenvalue weighted by Gasteiger charge is -2.34. The molecule has 1 aliphatic carbocycles. The van der Waals surface area contributed by atoms with Gasteiger partial charge in [-0.05, 0) is 57.7 Å². The van der Waals surface area contributed by atoms with Crippen molar-refractivity contribution in [2.24, 2.45) is 0 Å². The number of hydrogen-bond acceptors (Lipinski definition) is 5. The van der Waals surface area contributed by atoms with Gasteiger partial charge in [-0.15, -0.1) is 6.42 Å². The lowest BCUT2D eigenvalue weighted by molar-refractivity contribution is -0.144. The second-order valence-corrected chi connectivity index (χ2v) is 9.17. The van der Waals surface area contributed by atoms with Gasteiger partial charge in [0.05, 0.1) is 6.61 Å². The van der Waals surface area contributed by atoms with Gasteiger partial charge < -0.3 is 25.4 Å². The first-order valence-electron chi connectivity index (χ1n) is 11.4. The molecule has 2 unspecified atom stereocenters. The van der Waals surface area contributed by atoms with Crippen molar-refractivity contribution in [2.75, 3.05) is 13.2 Å². The highest BCUT2D eigenvalue weighted by atomic mass is 16.6. The Bertz CT molecular complexity index is 866. The number of nitrogens with one attached hydrogen (secondary N) is 2. The predicted octanol–water partition coefficient (Wildman–Crippen LogP) is 2.50. The van der Waals surface area contributed by atoms with Crippen LogP contribution >= 0.6 is 0 Å². The van der Waals surface area contributed by atoms with Crippen molar-refractivity contribution in [3.63, 3.8) is 0 Å². The maximum atomic E-state index is 13.5. The molecule has 0 aromatic heterocycles. The number of hydrogen-bond donors (Lipinski definition) is 3. The molecule has 180 valence electrons. The van der Waals surface area contributed by atoms with Crippen molar-refractivity contribution in [2.45, 2.75) is 77.1 Å². The van der Waals surface area contributed by atoms with Gasteiger partial charge in [-0.1, -0.05) is 31.4 Å². The SMILES string of the molecule is C#Cc1ccc(C(C(=O)NCCCC)N(C(=O)C(CO)NC(=O)OC(C)(C)C)C2CC2)cc1. The summed E-state index contributed by atoms with van der Waals surface area (Å²) in [6.07, 6.45) is 7.84. The Hall–Kier alpha value is -3.05. The summed E-state index contributed by atoms with van der Waals surface area (Å²) in [5.41, 5.74) is 0.509. The molecule has 8 nitrogen and oxygen atoms in total. The summed E-state index contributed by atoms with van der Waals surface area (Å²) >= 11 is 0. The first-order chi connectivity index (χ1) is 15.6. The lowest BCUT2D eigenvalue weighted by Crippen LogP contribution is -2.55. The predicted molar refractivity (Wildman–Crippen MR) is 125 cm³/mol. The Morgan fingerprint density at radius 3 is 2.36 bits per heavy atom. The Morgan fingerprint density at radius 1 is 1.24 bits per heavy atom. The highest BCUT2D eigenvalue weighted by Crippen LogP contribution is 2.35. The molecule has 1 aromatic rings. The van der Waals surface area contributed by atoms with Crippen molar-refractivity contribution in [3.05, 3.63) is 35.4 Å². The highest BCUT2D eigenvalue weighted by Gasteiger charge is 2.43. The van der Waals surface area contributed by atoms with Gasteiger partial charge in [-0.2, -0.15) is 0 Å². The van der Waals surface area contributed by atoms with Crippen molar-refractivity contribution in [1.82, 2.24) is 15.5 Å². The number of carbonyl (C=O) groups excluding carboxylic acids is 3. The van der Waals surface area contributed by atoms with Crippen LogP contribution in [0.4, 0.5) is 4.79 Å². The van der Waals surface area contributed by atoms with E-state index in [0.29, 0.717) is 17.7 Å². The van der Waals surface area contributed by atoms with Gasteiger partial charge >= 0.3 is 6.09 Å². The molecule has 0 bridgehead atoms. The van der Waals surface area contributed by atoms with Crippen LogP contribution in [0, 0.1) is 12.3 Å². The first kappa shape index (κ1) is 26.2. The van der Waals surface area contributed by atoms with Gasteiger partial charge in [0, 0.05) is 18.2 Å². The molecule has 8 heteroatoms. The Balaban J connectivity index is 2.34. The third-order valence-corrected chi connectivity index (χ3v) is 5.12. The minimum Gasteiger partial charge on any atom is -0.444 e. The number of unbranched alkanes of at least 4 members (excludes halogenated alkanes) is 1. The summed E-state index contributed by atoms with van der Waals surface area (Å²) < 4.78 is 5.23. The first-order valence-corrected chi connectivity index (χ1v) is 11.4. The van der Waals surface area contributed by atoms with Crippen LogP contribution in [0.2, 0.25) is 0 Å². The molecule has 3 N–H and O–H groups in total. The molecule has 0 radical (unpaired) electrons. The molecule has 1 aromatic carbocycles. The Kier molecular flexibility index (Phi) is 9.30. The Morgan fingerprint density at radius 2 is 1.88 bits per heavy atom. The zero-order chi connectivity index (χ0) is 24.6. The number of rotatable bonds is 10. The number of ether oxygens (including phenoxy) is 1. The topological polar surface area (TPSA) is 108 Å². The van der Waals surface area contributed by atoms with Crippen molar-refractivity contribution in [1.29, 1.82) is 0 Å². The molecule has 0 saturated heterocycles. The third-order valence-electron chi connectivity index (χ3n) is 5.12. The number of benzene rings is 1. The van der Waals surface area contributed by atoms with Crippen LogP contribution in [-0.2, 0) is 14.3 Å². The standard InChI is InChI=1S/C25H35N3O5/c1-6-8-15-26-22(30)21(18-11-9-17(7-2)10-12-18)28(19-13-14-19)23(31)20(16-29)27-24(32)33-25(3,4)5/h2,9-12,19-21,29H,6,8,13-16H2,1,3-5H3,(H,26,30)(H,27,32). The molecule has 0 aliphatic heterocycles. The number of alkyl carbamates (subject to hydrolysis) is 1. The number of terminal acetylenes is 1. The number of aliphatic hydroxyl groups excluding tert-OH is 1. The zero-order valence-corrected chi connectivity index (χ0v) is 19.9. The maximum Gasteiger partial charge on any atom is 0.408 e. The van der Waals surface area contributed by atoms with Gasteiger partial charge in [-0.25, -0.2) is 4.79 Å². The summed E-state index contributed by atoms with van der Waals surface area (Å²) in [6, 6.07) is 4.59. The molecule has 1 fully saturated rings. The average Bonchev–Trinajstić information content (AvgIpc) is 3.59. The molecule has 3 amide bonds. The minimum absolute atomic E-state index is 0.166. The maximum absolute atomic E-state index is 13.5. The normalized spacial score (nSPS) is 15.0. The molecule has 2 atom stereocenters. The third kappa shape index (κ3) is 7.79. The van der Waals surface area contributed by atoms with Crippen LogP contribution in [0.1, 0.15) is 70.5 Å². The summed E-state index contributed by atoms with van der Waals surface area (Å²) in [6.45, 7) is 7.00. The quantitative estimate of drug-likeness (QED) is 0.370. The van der Waals surface area contributed by atoms with Gasteiger partial charge in [0.2, 0.25) is 11.8 Å². The number of carbonyl (C=O) groups is 3. The summed E-state index contributed by atoms with van der Waals surface area (Å²) in [5.74, 6) is 1.69. The van der Waals surface area contributed by atoms with Crippen LogP contribution in [0.3, 0.4) is 0 Å². The second kappa shape index (κ2) is 11.7. The van der Waals surface area contributed by atoms with E-state index < -0.39 is 36.3 Å². The number of nitrogens with zero attached hydrogens (tertiary/aromatic N) is 1. The summed E-state index contributed by atoms with van der Waals surface area (Å²) in [7, 11) is 0. The monoisotopic (exact) mass is 457 g/mol. The lowest BCUT2D eigenvalue weighted by atomic mass is 10.0. The number of amides is 3. The van der Waals surface area contributed by atoms with Crippen molar-refractivity contribution < 1.29 is 24.2 Å². The fraction of sp³-hybridized carbons (Fsp3) is 0.560. The van der Waals surface area contributed by atoms with E-state index in [1.54, 1.807) is 45.0 Å². The molecular formula is C25H35N3O5. The average molecular weight is 458 g/mol. The molecule has 2 rings (SSSR count). The van der Waals surface area contributed by atoms with Gasteiger partial charge in [-0.3, -0.25) is 9.59 Å². The molecular weight excluding hydrogens is 422 g/mol. The molecule has 0 spiro atoms. The smallest absolute Gasteiger partial charge is 0.408 e. The van der Waals surface area contributed by atoms with Crippen LogP contribution in [-0.4, -0.2) is 58.8 Å². The zero-order valence-electron chi connectivity index (χ0n) is 19.9. The molecule has 0 heterocycles. The van der Waals surface area contributed by atoms with Crippen LogP contribution in [0.5, 0.6) is 0 Å². The highest BCUT2D eigenvalue weighted by molar-refractivity contribution is 5.92. The minimum atomic E-state index is -1.24. The van der Waals surface area contributed by atoms with E-state index in [9.17, 15) is 19.5 Å². The largest absolute Gasteiger partial charge is 0.444 e. The van der Waals surface area contributed by atoms with E-state index in [1.807, 2.05) is 6.92 Å². The fourth-order valence-corrected chi connectivity index (χ4v) is 3.37. The van der Waals surface area contributed by atoms with Gasteiger partial charge in [0.25, 0.3) is 0 Å². The van der Waals surface area contributed by atoms with Crippen LogP contribution < -0.4 is 10.6 Å². The van der Waals surface area contributed by atoms with Gasteiger partial charge in [0.15, 0.2) is 0 Å².